The van der Waals surface area contributed by atoms with E-state index in [1.165, 1.54) is 14.2 Å². The average molecular weight is 379 g/mol. The second kappa shape index (κ2) is 7.78. The molecule has 5 nitrogen and oxygen atoms in total. The lowest BCUT2D eigenvalue weighted by Gasteiger charge is -2.10. The van der Waals surface area contributed by atoms with Crippen molar-refractivity contribution in [2.45, 2.75) is 0 Å². The van der Waals surface area contributed by atoms with E-state index in [1.54, 1.807) is 42.5 Å². The predicted molar refractivity (Wildman–Crippen MR) is 88.3 cm³/mol. The highest BCUT2D eigenvalue weighted by Gasteiger charge is 2.17. The summed E-state index contributed by atoms with van der Waals surface area (Å²) < 4.78 is 15.9. The van der Waals surface area contributed by atoms with Gasteiger partial charge in [-0.2, -0.15) is 0 Å². The smallest absolute Gasteiger partial charge is 0.339 e. The Balaban J connectivity index is 2.08. The second-order valence-corrected chi connectivity index (χ2v) is 5.40. The lowest BCUT2D eigenvalue weighted by atomic mass is 10.1. The van der Waals surface area contributed by atoms with Crippen molar-refractivity contribution < 1.29 is 23.8 Å². The highest BCUT2D eigenvalue weighted by atomic mass is 79.9. The monoisotopic (exact) mass is 378 g/mol. The van der Waals surface area contributed by atoms with Crippen LogP contribution in [-0.4, -0.2) is 32.6 Å². The minimum absolute atomic E-state index is 0.327. The summed E-state index contributed by atoms with van der Waals surface area (Å²) in [7, 11) is 2.98. The zero-order valence-corrected chi connectivity index (χ0v) is 14.3. The van der Waals surface area contributed by atoms with Crippen LogP contribution in [-0.2, 0) is 4.74 Å². The van der Waals surface area contributed by atoms with E-state index < -0.39 is 5.97 Å². The van der Waals surface area contributed by atoms with Crippen molar-refractivity contribution in [2.24, 2.45) is 0 Å². The van der Waals surface area contributed by atoms with Gasteiger partial charge in [0.25, 0.3) is 0 Å². The molecular weight excluding hydrogens is 364 g/mol. The molecule has 0 aliphatic rings. The van der Waals surface area contributed by atoms with Crippen molar-refractivity contribution in [3.8, 4) is 11.5 Å². The number of benzene rings is 2. The van der Waals surface area contributed by atoms with Gasteiger partial charge in [-0.25, -0.2) is 4.79 Å². The molecule has 2 aromatic rings. The number of esters is 1. The third-order valence-corrected chi connectivity index (χ3v) is 3.83. The molecule has 0 saturated carbocycles. The molecule has 2 aromatic carbocycles. The van der Waals surface area contributed by atoms with Crippen LogP contribution in [0.5, 0.6) is 11.5 Å². The van der Waals surface area contributed by atoms with Gasteiger partial charge >= 0.3 is 5.97 Å². The molecule has 0 aliphatic heterocycles. The summed E-state index contributed by atoms with van der Waals surface area (Å²) >= 11 is 3.27. The lowest BCUT2D eigenvalue weighted by Crippen LogP contribution is -2.15. The summed E-state index contributed by atoms with van der Waals surface area (Å²) in [6.45, 7) is -0.372. The topological polar surface area (TPSA) is 61.8 Å². The molecule has 0 saturated heterocycles. The van der Waals surface area contributed by atoms with Crippen LogP contribution in [0.1, 0.15) is 20.7 Å². The zero-order chi connectivity index (χ0) is 16.8. The molecule has 0 bridgehead atoms. The summed E-state index contributed by atoms with van der Waals surface area (Å²) in [5.41, 5.74) is 0.690. The van der Waals surface area contributed by atoms with Gasteiger partial charge in [-0.15, -0.1) is 0 Å². The van der Waals surface area contributed by atoms with Crippen molar-refractivity contribution in [2.75, 3.05) is 20.8 Å². The van der Waals surface area contributed by atoms with Gasteiger partial charge in [0, 0.05) is 10.5 Å². The zero-order valence-electron chi connectivity index (χ0n) is 12.7. The number of methoxy groups -OCH3 is 2. The molecule has 0 unspecified atom stereocenters. The predicted octanol–water partition coefficient (Wildman–Crippen LogP) is 3.51. The first kappa shape index (κ1) is 17.0. The fourth-order valence-electron chi connectivity index (χ4n) is 1.94. The molecule has 0 aromatic heterocycles. The third kappa shape index (κ3) is 4.10. The maximum Gasteiger partial charge on any atom is 0.339 e. The molecule has 23 heavy (non-hydrogen) atoms. The molecule has 0 radical (unpaired) electrons. The molecule has 2 rings (SSSR count). The number of carbonyl (C=O) groups excluding carboxylic acids is 2. The van der Waals surface area contributed by atoms with E-state index >= 15 is 0 Å². The van der Waals surface area contributed by atoms with Crippen molar-refractivity contribution in [1.82, 2.24) is 0 Å². The number of hydrogen-bond acceptors (Lipinski definition) is 5. The lowest BCUT2D eigenvalue weighted by molar-refractivity contribution is 0.0473. The Morgan fingerprint density at radius 3 is 2.39 bits per heavy atom. The van der Waals surface area contributed by atoms with E-state index in [0.717, 1.165) is 0 Å². The Labute approximate surface area is 142 Å². The number of carbonyl (C=O) groups is 2. The Hall–Kier alpha value is -2.34. The number of rotatable bonds is 6. The first-order valence-electron chi connectivity index (χ1n) is 6.73. The Morgan fingerprint density at radius 1 is 1.00 bits per heavy atom. The summed E-state index contributed by atoms with van der Waals surface area (Å²) in [5, 5.41) is 0. The molecule has 0 aliphatic carbocycles. The van der Waals surface area contributed by atoms with Gasteiger partial charge in [-0.1, -0.05) is 12.1 Å². The minimum Gasteiger partial charge on any atom is -0.497 e. The first-order valence-corrected chi connectivity index (χ1v) is 7.53. The van der Waals surface area contributed by atoms with Gasteiger partial charge in [0.2, 0.25) is 5.78 Å². The standard InChI is InChI=1S/C17H15BrO5/c1-21-11-7-8-13(16(9-11)22-2)15(19)10-23-17(20)12-5-3-4-6-14(12)18/h3-9H,10H2,1-2H3. The van der Waals surface area contributed by atoms with Crippen molar-refractivity contribution in [3.63, 3.8) is 0 Å². The largest absolute Gasteiger partial charge is 0.497 e. The number of hydrogen-bond donors (Lipinski definition) is 0. The number of ketones is 1. The Kier molecular flexibility index (Phi) is 5.76. The van der Waals surface area contributed by atoms with Crippen LogP contribution in [0.2, 0.25) is 0 Å². The van der Waals surface area contributed by atoms with E-state index in [1.807, 2.05) is 0 Å². The summed E-state index contributed by atoms with van der Waals surface area (Å²) in [5.74, 6) is 0.0121. The van der Waals surface area contributed by atoms with Crippen LogP contribution in [0.4, 0.5) is 0 Å². The average Bonchev–Trinajstić information content (AvgIpc) is 2.59. The fraction of sp³-hybridized carbons (Fsp3) is 0.176. The van der Waals surface area contributed by atoms with Crippen molar-refractivity contribution in [3.05, 3.63) is 58.1 Å². The second-order valence-electron chi connectivity index (χ2n) is 4.55. The number of Topliss-reactive ketones (excluding diaryl/α,β-unsaturated/α-hetero) is 1. The van der Waals surface area contributed by atoms with Gasteiger partial charge in [-0.05, 0) is 40.2 Å². The number of halogens is 1. The summed E-state index contributed by atoms with van der Waals surface area (Å²) in [6.07, 6.45) is 0. The van der Waals surface area contributed by atoms with Crippen LogP contribution in [0, 0.1) is 0 Å². The highest BCUT2D eigenvalue weighted by molar-refractivity contribution is 9.10. The molecule has 120 valence electrons. The Bertz CT molecular complexity index is 727. The molecule has 0 fully saturated rings. The van der Waals surface area contributed by atoms with Crippen molar-refractivity contribution >= 4 is 27.7 Å². The maximum atomic E-state index is 12.2. The number of ether oxygens (including phenoxy) is 3. The van der Waals surface area contributed by atoms with E-state index in [4.69, 9.17) is 14.2 Å². The quantitative estimate of drug-likeness (QED) is 0.568. The van der Waals surface area contributed by atoms with Gasteiger partial charge < -0.3 is 14.2 Å². The molecule has 0 spiro atoms. The normalized spacial score (nSPS) is 10.0. The van der Waals surface area contributed by atoms with Crippen LogP contribution in [0.25, 0.3) is 0 Å². The van der Waals surface area contributed by atoms with Crippen LogP contribution >= 0.6 is 15.9 Å². The molecule has 0 heterocycles. The molecule has 0 atom stereocenters. The van der Waals surface area contributed by atoms with Crippen LogP contribution in [0.3, 0.4) is 0 Å². The van der Waals surface area contributed by atoms with E-state index in [9.17, 15) is 9.59 Å². The van der Waals surface area contributed by atoms with Crippen LogP contribution < -0.4 is 9.47 Å². The molecule has 0 amide bonds. The fourth-order valence-corrected chi connectivity index (χ4v) is 2.39. The Morgan fingerprint density at radius 2 is 1.74 bits per heavy atom. The van der Waals surface area contributed by atoms with Gasteiger partial charge in [-0.3, -0.25) is 4.79 Å². The van der Waals surface area contributed by atoms with Crippen LogP contribution in [0.15, 0.2) is 46.9 Å². The van der Waals surface area contributed by atoms with Gasteiger partial charge in [0.05, 0.1) is 25.3 Å². The molecule has 6 heteroatoms. The highest BCUT2D eigenvalue weighted by Crippen LogP contribution is 2.25. The van der Waals surface area contributed by atoms with Gasteiger partial charge in [0.1, 0.15) is 11.5 Å². The summed E-state index contributed by atoms with van der Waals surface area (Å²) in [4.78, 5) is 24.2. The first-order chi connectivity index (χ1) is 11.1. The minimum atomic E-state index is -0.571. The van der Waals surface area contributed by atoms with E-state index in [0.29, 0.717) is 27.1 Å². The van der Waals surface area contributed by atoms with E-state index in [2.05, 4.69) is 15.9 Å². The summed E-state index contributed by atoms with van der Waals surface area (Å²) in [6, 6.07) is 11.7. The van der Waals surface area contributed by atoms with Crippen molar-refractivity contribution in [1.29, 1.82) is 0 Å². The SMILES string of the molecule is COc1ccc(C(=O)COC(=O)c2ccccc2Br)c(OC)c1. The van der Waals surface area contributed by atoms with Gasteiger partial charge in [0.15, 0.2) is 6.61 Å². The van der Waals surface area contributed by atoms with E-state index in [-0.39, 0.29) is 12.4 Å². The molecule has 0 N–H and O–H groups in total. The molecular formula is C17H15BrO5. The third-order valence-electron chi connectivity index (χ3n) is 3.14. The maximum absolute atomic E-state index is 12.2.